The van der Waals surface area contributed by atoms with E-state index in [1.807, 2.05) is 45.9 Å². The second kappa shape index (κ2) is 13.4. The summed E-state index contributed by atoms with van der Waals surface area (Å²) in [5.74, 6) is 0.498. The number of benzene rings is 2. The number of aromatic nitrogens is 3. The first-order valence-electron chi connectivity index (χ1n) is 16.8. The molecule has 1 saturated heterocycles. The molecule has 252 valence electrons. The first-order valence-corrected chi connectivity index (χ1v) is 16.8. The zero-order valence-electron chi connectivity index (χ0n) is 28.5. The van der Waals surface area contributed by atoms with Gasteiger partial charge in [0, 0.05) is 42.4 Å². The minimum atomic E-state index is -1.21. The Morgan fingerprint density at radius 3 is 2.62 bits per heavy atom. The maximum Gasteiger partial charge on any atom is 0.337 e. The number of carbonyl (C=O) groups is 1. The van der Waals surface area contributed by atoms with E-state index in [0.717, 1.165) is 54.2 Å². The molecule has 2 aromatic heterocycles. The third-order valence-electron chi connectivity index (χ3n) is 9.18. The summed E-state index contributed by atoms with van der Waals surface area (Å²) in [6.07, 6.45) is 3.31. The molecule has 2 unspecified atom stereocenters. The smallest absolute Gasteiger partial charge is 0.337 e. The maximum atomic E-state index is 12.7. The van der Waals surface area contributed by atoms with Gasteiger partial charge in [-0.3, -0.25) is 0 Å². The number of aryl methyl sites for hydroxylation is 1. The number of anilines is 1. The molecule has 10 heteroatoms. The molecule has 0 saturated carbocycles. The van der Waals surface area contributed by atoms with Crippen LogP contribution in [0.3, 0.4) is 0 Å². The predicted molar refractivity (Wildman–Crippen MR) is 181 cm³/mol. The van der Waals surface area contributed by atoms with Crippen molar-refractivity contribution in [2.45, 2.75) is 110 Å². The van der Waals surface area contributed by atoms with Gasteiger partial charge in [0.05, 0.1) is 41.8 Å². The molecule has 1 fully saturated rings. The topological polar surface area (TPSA) is 108 Å². The summed E-state index contributed by atoms with van der Waals surface area (Å²) < 4.78 is 27.4. The number of carboxylic acid groups (broad SMARTS) is 1. The van der Waals surface area contributed by atoms with Gasteiger partial charge in [-0.15, -0.1) is 0 Å². The van der Waals surface area contributed by atoms with Gasteiger partial charge < -0.3 is 29.0 Å². The fraction of sp³-hybridized carbons (Fsp3) is 0.541. The number of aliphatic carboxylic acids is 1. The number of rotatable bonds is 3. The summed E-state index contributed by atoms with van der Waals surface area (Å²) in [6.45, 7) is 14.4. The Hall–Kier alpha value is -3.73. The average molecular weight is 645 g/mol. The van der Waals surface area contributed by atoms with Crippen molar-refractivity contribution in [3.05, 3.63) is 65.0 Å². The molecule has 0 aliphatic carbocycles. The lowest BCUT2D eigenvalue weighted by molar-refractivity contribution is -0.160. The van der Waals surface area contributed by atoms with E-state index in [0.29, 0.717) is 54.7 Å². The normalized spacial score (nSPS) is 22.3. The lowest BCUT2D eigenvalue weighted by atomic mass is 9.92. The molecule has 7 rings (SSSR count). The summed E-state index contributed by atoms with van der Waals surface area (Å²) in [7, 11) is 0. The Morgan fingerprint density at radius 1 is 1.11 bits per heavy atom. The predicted octanol–water partition coefficient (Wildman–Crippen LogP) is 7.18. The fourth-order valence-electron chi connectivity index (χ4n) is 6.69. The number of hydrogen-bond acceptors (Lipinski definition) is 8. The van der Waals surface area contributed by atoms with Gasteiger partial charge in [0.2, 0.25) is 0 Å². The van der Waals surface area contributed by atoms with Crippen molar-refractivity contribution in [1.82, 2.24) is 14.6 Å². The largest absolute Gasteiger partial charge is 0.490 e. The van der Waals surface area contributed by atoms with Gasteiger partial charge in [0.25, 0.3) is 0 Å². The number of ether oxygens (including phenoxy) is 4. The van der Waals surface area contributed by atoms with E-state index < -0.39 is 17.7 Å². The van der Waals surface area contributed by atoms with Crippen LogP contribution in [0.2, 0.25) is 0 Å². The minimum Gasteiger partial charge on any atom is -0.490 e. The minimum absolute atomic E-state index is 0.0428. The second-order valence-electron chi connectivity index (χ2n) is 14.3. The molecule has 4 bridgehead atoms. The molecule has 0 spiro atoms. The van der Waals surface area contributed by atoms with Gasteiger partial charge in [0.1, 0.15) is 11.6 Å². The van der Waals surface area contributed by atoms with Crippen LogP contribution in [0.15, 0.2) is 42.5 Å². The van der Waals surface area contributed by atoms with Gasteiger partial charge in [0.15, 0.2) is 11.8 Å². The quantitative estimate of drug-likeness (QED) is 0.248. The lowest BCUT2D eigenvalue weighted by Gasteiger charge is -2.41. The van der Waals surface area contributed by atoms with Crippen molar-refractivity contribution in [3.63, 3.8) is 0 Å². The molecule has 4 aromatic rings. The van der Waals surface area contributed by atoms with Crippen LogP contribution in [0.1, 0.15) is 95.3 Å². The van der Waals surface area contributed by atoms with Gasteiger partial charge >= 0.3 is 5.97 Å². The van der Waals surface area contributed by atoms with Crippen LogP contribution in [0.4, 0.5) is 5.82 Å². The van der Waals surface area contributed by atoms with Crippen LogP contribution >= 0.6 is 0 Å². The van der Waals surface area contributed by atoms with Crippen LogP contribution in [-0.4, -0.2) is 62.7 Å². The molecular weight excluding hydrogens is 596 g/mol. The molecule has 3 aliphatic heterocycles. The Balaban J connectivity index is 1.41. The third kappa shape index (κ3) is 7.40. The van der Waals surface area contributed by atoms with Gasteiger partial charge in [-0.05, 0) is 79.0 Å². The molecule has 5 heterocycles. The molecule has 47 heavy (non-hydrogen) atoms. The van der Waals surface area contributed by atoms with Crippen LogP contribution in [0, 0.1) is 6.92 Å². The number of hydrogen-bond donors (Lipinski definition) is 1. The Bertz CT molecular complexity index is 1740. The highest BCUT2D eigenvalue weighted by Gasteiger charge is 2.37. The number of piperidine rings is 1. The van der Waals surface area contributed by atoms with E-state index in [9.17, 15) is 9.90 Å². The summed E-state index contributed by atoms with van der Waals surface area (Å²) in [6, 6.07) is 14.4. The molecule has 10 nitrogen and oxygen atoms in total. The lowest BCUT2D eigenvalue weighted by Crippen LogP contribution is -2.46. The van der Waals surface area contributed by atoms with Crippen LogP contribution < -0.4 is 9.64 Å². The summed E-state index contributed by atoms with van der Waals surface area (Å²) >= 11 is 0. The SMILES string of the molecule is Cc1nc2cc3nn2c(c1C(OC(C)(C)C)C(=O)O)N1CCC(C)(CC1)OCCCCC(C)Oc1c(ccc2ccccc12)COC3. The average Bonchev–Trinajstić information content (AvgIpc) is 3.42. The molecule has 0 amide bonds. The van der Waals surface area contributed by atoms with E-state index in [-0.39, 0.29) is 18.3 Å². The standard InChI is InChI=1S/C37H48N4O6/c1-24-11-9-10-20-45-37(6)16-18-40(19-17-37)34-31(33(35(42)43)47-36(3,4)5)25(2)38-30-21-28(39-41(30)34)23-44-22-27-15-14-26-12-7-8-13-29(26)32(27)46-24/h7-8,12-15,21,24,33H,9-11,16-20,22-23H2,1-6H3,(H,42,43). The van der Waals surface area contributed by atoms with Gasteiger partial charge in [-0.2, -0.15) is 9.61 Å². The van der Waals surface area contributed by atoms with Crippen molar-refractivity contribution in [3.8, 4) is 5.75 Å². The van der Waals surface area contributed by atoms with E-state index in [4.69, 9.17) is 29.0 Å². The molecule has 2 atom stereocenters. The second-order valence-corrected chi connectivity index (χ2v) is 14.3. The molecule has 1 N–H and O–H groups in total. The van der Waals surface area contributed by atoms with Crippen molar-refractivity contribution in [2.24, 2.45) is 0 Å². The van der Waals surface area contributed by atoms with Crippen molar-refractivity contribution >= 4 is 28.2 Å². The number of fused-ring (bicyclic) bond motifs is 11. The van der Waals surface area contributed by atoms with Crippen molar-refractivity contribution < 1.29 is 28.8 Å². The highest BCUT2D eigenvalue weighted by atomic mass is 16.5. The van der Waals surface area contributed by atoms with Crippen molar-refractivity contribution in [2.75, 3.05) is 24.6 Å². The van der Waals surface area contributed by atoms with Gasteiger partial charge in [-0.1, -0.05) is 36.4 Å². The number of carboxylic acids is 1. The first-order chi connectivity index (χ1) is 22.4. The van der Waals surface area contributed by atoms with Crippen LogP contribution in [0.25, 0.3) is 16.4 Å². The zero-order chi connectivity index (χ0) is 33.3. The zero-order valence-corrected chi connectivity index (χ0v) is 28.5. The highest BCUT2D eigenvalue weighted by molar-refractivity contribution is 5.89. The Morgan fingerprint density at radius 2 is 1.87 bits per heavy atom. The van der Waals surface area contributed by atoms with E-state index in [1.165, 1.54) is 0 Å². The fourth-order valence-corrected chi connectivity index (χ4v) is 6.69. The summed E-state index contributed by atoms with van der Waals surface area (Å²) in [5, 5.41) is 17.6. The van der Waals surface area contributed by atoms with E-state index >= 15 is 0 Å². The Kier molecular flexibility index (Phi) is 9.47. The monoisotopic (exact) mass is 644 g/mol. The van der Waals surface area contributed by atoms with Crippen molar-refractivity contribution in [1.29, 1.82) is 0 Å². The third-order valence-corrected chi connectivity index (χ3v) is 9.18. The first kappa shape index (κ1) is 33.2. The van der Waals surface area contributed by atoms with Crippen LogP contribution in [0.5, 0.6) is 5.75 Å². The van der Waals surface area contributed by atoms with Crippen LogP contribution in [-0.2, 0) is 32.2 Å². The van der Waals surface area contributed by atoms with E-state index in [1.54, 1.807) is 4.52 Å². The Labute approximate surface area is 277 Å². The molecule has 0 radical (unpaired) electrons. The number of nitrogens with zero attached hydrogens (tertiary/aromatic N) is 4. The summed E-state index contributed by atoms with van der Waals surface area (Å²) in [5.41, 5.74) is 2.49. The van der Waals surface area contributed by atoms with E-state index in [2.05, 4.69) is 43.0 Å². The summed E-state index contributed by atoms with van der Waals surface area (Å²) in [4.78, 5) is 19.8. The van der Waals surface area contributed by atoms with Gasteiger partial charge in [-0.25, -0.2) is 9.78 Å². The molecular formula is C37H48N4O6. The maximum absolute atomic E-state index is 12.7. The highest BCUT2D eigenvalue weighted by Crippen LogP contribution is 2.38. The molecule has 2 aromatic carbocycles. The molecule has 3 aliphatic rings.